The molecule has 31 heavy (non-hydrogen) atoms. The summed E-state index contributed by atoms with van der Waals surface area (Å²) in [6.45, 7) is 4.92. The van der Waals surface area contributed by atoms with Crippen LogP contribution < -0.4 is 5.32 Å². The quantitative estimate of drug-likeness (QED) is 0.491. The zero-order chi connectivity index (χ0) is 22.3. The number of aromatic nitrogens is 2. The number of carbonyl (C=O) groups is 3. The van der Waals surface area contributed by atoms with Crippen molar-refractivity contribution in [1.82, 2.24) is 19.8 Å². The number of urea groups is 1. The lowest BCUT2D eigenvalue weighted by molar-refractivity contribution is -0.130. The largest absolute Gasteiger partial charge is 0.325 e. The maximum Gasteiger partial charge on any atom is 0.325 e. The van der Waals surface area contributed by atoms with E-state index in [0.717, 1.165) is 15.7 Å². The minimum Gasteiger partial charge on any atom is -0.319 e. The molecule has 4 rings (SSSR count). The van der Waals surface area contributed by atoms with Gasteiger partial charge in [0.2, 0.25) is 0 Å². The highest BCUT2D eigenvalue weighted by molar-refractivity contribution is 7.12. The Labute approximate surface area is 182 Å². The number of nitrogens with one attached hydrogen (secondary N) is 1. The molecule has 0 bridgehead atoms. The highest BCUT2D eigenvalue weighted by atomic mass is 32.1. The molecular formula is C22H19N5O3S. The van der Waals surface area contributed by atoms with Crippen LogP contribution in [0.15, 0.2) is 41.9 Å². The highest BCUT2D eigenvalue weighted by Crippen LogP contribution is 2.30. The first kappa shape index (κ1) is 20.5. The Morgan fingerprint density at radius 2 is 1.97 bits per heavy atom. The van der Waals surface area contributed by atoms with Crippen molar-refractivity contribution in [2.75, 3.05) is 6.54 Å². The molecule has 3 aromatic rings. The van der Waals surface area contributed by atoms with Crippen LogP contribution in [0, 0.1) is 25.2 Å². The van der Waals surface area contributed by atoms with Gasteiger partial charge in [-0.2, -0.15) is 5.26 Å². The van der Waals surface area contributed by atoms with Gasteiger partial charge in [0.1, 0.15) is 5.54 Å². The van der Waals surface area contributed by atoms with E-state index in [2.05, 4.69) is 10.3 Å². The Morgan fingerprint density at radius 3 is 2.58 bits per heavy atom. The molecule has 1 aliphatic rings. The maximum absolute atomic E-state index is 13.1. The molecule has 3 heterocycles. The Kier molecular flexibility index (Phi) is 4.95. The van der Waals surface area contributed by atoms with Crippen LogP contribution >= 0.6 is 11.3 Å². The van der Waals surface area contributed by atoms with Gasteiger partial charge >= 0.3 is 6.03 Å². The van der Waals surface area contributed by atoms with Crippen LogP contribution in [0.5, 0.6) is 0 Å². The summed E-state index contributed by atoms with van der Waals surface area (Å²) in [5.74, 6) is -0.840. The van der Waals surface area contributed by atoms with E-state index in [1.807, 2.05) is 29.9 Å². The molecule has 3 amide bonds. The summed E-state index contributed by atoms with van der Waals surface area (Å²) < 4.78 is 1.88. The molecule has 1 aromatic carbocycles. The Hall–Kier alpha value is -3.77. The second kappa shape index (κ2) is 7.49. The molecule has 156 valence electrons. The zero-order valence-electron chi connectivity index (χ0n) is 17.2. The molecule has 0 radical (unpaired) electrons. The lowest BCUT2D eigenvalue weighted by atomic mass is 9.91. The van der Waals surface area contributed by atoms with Crippen LogP contribution in [0.3, 0.4) is 0 Å². The van der Waals surface area contributed by atoms with Gasteiger partial charge in [-0.15, -0.1) is 11.3 Å². The van der Waals surface area contributed by atoms with E-state index in [4.69, 9.17) is 5.26 Å². The van der Waals surface area contributed by atoms with Gasteiger partial charge in [-0.05, 0) is 44.5 Å². The third-order valence-corrected chi connectivity index (χ3v) is 6.27. The summed E-state index contributed by atoms with van der Waals surface area (Å²) in [5, 5.41) is 14.3. The Morgan fingerprint density at radius 1 is 1.26 bits per heavy atom. The molecule has 1 N–H and O–H groups in total. The van der Waals surface area contributed by atoms with E-state index in [-0.39, 0.29) is 12.3 Å². The predicted octanol–water partition coefficient (Wildman–Crippen LogP) is 3.07. The number of benzene rings is 1. The van der Waals surface area contributed by atoms with Crippen LogP contribution in [0.2, 0.25) is 0 Å². The number of nitrogens with zero attached hydrogens (tertiary/aromatic N) is 4. The van der Waals surface area contributed by atoms with Crippen molar-refractivity contribution in [3.8, 4) is 11.2 Å². The fourth-order valence-electron chi connectivity index (χ4n) is 3.81. The van der Waals surface area contributed by atoms with Crippen molar-refractivity contribution in [2.24, 2.45) is 0 Å². The maximum atomic E-state index is 13.1. The van der Waals surface area contributed by atoms with Crippen molar-refractivity contribution in [2.45, 2.75) is 26.3 Å². The number of amides is 3. The summed E-state index contributed by atoms with van der Waals surface area (Å²) in [7, 11) is 0. The number of nitriles is 1. The predicted molar refractivity (Wildman–Crippen MR) is 114 cm³/mol. The number of aryl methyl sites for hydroxylation is 1. The first-order valence-electron chi connectivity index (χ1n) is 9.53. The monoisotopic (exact) mass is 433 g/mol. The van der Waals surface area contributed by atoms with Crippen LogP contribution in [-0.2, 0) is 10.3 Å². The van der Waals surface area contributed by atoms with E-state index < -0.39 is 17.5 Å². The van der Waals surface area contributed by atoms with E-state index >= 15 is 0 Å². The first-order valence-corrected chi connectivity index (χ1v) is 10.4. The van der Waals surface area contributed by atoms with E-state index in [9.17, 15) is 14.4 Å². The van der Waals surface area contributed by atoms with Gasteiger partial charge in [0, 0.05) is 28.5 Å². The van der Waals surface area contributed by atoms with Crippen LogP contribution in [-0.4, -0.2) is 38.7 Å². The summed E-state index contributed by atoms with van der Waals surface area (Å²) in [5.41, 5.74) is 1.69. The van der Waals surface area contributed by atoms with E-state index in [1.54, 1.807) is 43.5 Å². The van der Waals surface area contributed by atoms with Crippen LogP contribution in [0.1, 0.15) is 39.8 Å². The number of Topliss-reactive ketones (excluding diaryl/α,β-unsaturated/α-hetero) is 1. The molecule has 1 fully saturated rings. The van der Waals surface area contributed by atoms with Crippen molar-refractivity contribution < 1.29 is 14.4 Å². The number of hydrogen-bond donors (Lipinski definition) is 1. The second-order valence-electron chi connectivity index (χ2n) is 7.49. The number of thiazole rings is 1. The molecule has 0 saturated carbocycles. The minimum atomic E-state index is -1.30. The molecule has 2 aromatic heterocycles. The topological polar surface area (TPSA) is 108 Å². The minimum absolute atomic E-state index is 0.330. The average molecular weight is 433 g/mol. The smallest absolute Gasteiger partial charge is 0.319 e. The molecule has 0 spiro atoms. The van der Waals surface area contributed by atoms with Crippen LogP contribution in [0.4, 0.5) is 4.79 Å². The summed E-state index contributed by atoms with van der Waals surface area (Å²) >= 11 is 1.45. The Balaban J connectivity index is 1.59. The van der Waals surface area contributed by atoms with Crippen molar-refractivity contribution in [1.29, 1.82) is 5.26 Å². The molecule has 9 heteroatoms. The lowest BCUT2D eigenvalue weighted by Crippen LogP contribution is -2.41. The van der Waals surface area contributed by atoms with Gasteiger partial charge in [-0.3, -0.25) is 19.1 Å². The van der Waals surface area contributed by atoms with Gasteiger partial charge < -0.3 is 5.32 Å². The molecule has 0 aliphatic carbocycles. The third-order valence-electron chi connectivity index (χ3n) is 5.51. The normalized spacial score (nSPS) is 18.2. The molecule has 1 atom stereocenters. The average Bonchev–Trinajstić information content (AvgIpc) is 3.43. The number of imide groups is 1. The van der Waals surface area contributed by atoms with Crippen molar-refractivity contribution in [3.05, 3.63) is 70.0 Å². The fraction of sp³-hybridized carbons (Fsp3) is 0.227. The summed E-state index contributed by atoms with van der Waals surface area (Å²) in [4.78, 5) is 44.0. The molecular weight excluding hydrogens is 414 g/mol. The number of hydrogen-bond acceptors (Lipinski definition) is 6. The van der Waals surface area contributed by atoms with Gasteiger partial charge in [0.25, 0.3) is 5.91 Å². The summed E-state index contributed by atoms with van der Waals surface area (Å²) in [6, 6.07) is 9.57. The first-order chi connectivity index (χ1) is 14.8. The SMILES string of the molecule is Cc1cc(C(=O)CN2C(=O)NC(C)(c3ccc(C#N)cc3)C2=O)c(C)n1-c1nccs1. The standard InChI is InChI=1S/C22H19N5O3S/c1-13-10-17(14(2)27(13)21-24-8-9-31-21)18(28)12-26-19(29)22(3,25-20(26)30)16-6-4-15(11-23)5-7-16/h4-10H,12H2,1-3H3,(H,25,30). The van der Waals surface area contributed by atoms with Crippen molar-refractivity contribution >= 4 is 29.1 Å². The van der Waals surface area contributed by atoms with E-state index in [1.165, 1.54) is 11.3 Å². The van der Waals surface area contributed by atoms with Gasteiger partial charge in [0.15, 0.2) is 10.9 Å². The van der Waals surface area contributed by atoms with Crippen molar-refractivity contribution in [3.63, 3.8) is 0 Å². The number of carbonyl (C=O) groups excluding carboxylic acids is 3. The van der Waals surface area contributed by atoms with E-state index in [0.29, 0.717) is 22.4 Å². The molecule has 1 unspecified atom stereocenters. The number of ketones is 1. The third kappa shape index (κ3) is 3.31. The summed E-state index contributed by atoms with van der Waals surface area (Å²) in [6.07, 6.45) is 1.69. The van der Waals surface area contributed by atoms with Crippen LogP contribution in [0.25, 0.3) is 5.13 Å². The number of rotatable bonds is 5. The van der Waals surface area contributed by atoms with Gasteiger partial charge in [-0.1, -0.05) is 12.1 Å². The molecule has 1 saturated heterocycles. The van der Waals surface area contributed by atoms with Gasteiger partial charge in [-0.25, -0.2) is 9.78 Å². The molecule has 1 aliphatic heterocycles. The fourth-order valence-corrected chi connectivity index (χ4v) is 4.56. The highest BCUT2D eigenvalue weighted by Gasteiger charge is 2.49. The zero-order valence-corrected chi connectivity index (χ0v) is 18.0. The lowest BCUT2D eigenvalue weighted by Gasteiger charge is -2.22. The molecule has 8 nitrogen and oxygen atoms in total. The van der Waals surface area contributed by atoms with Gasteiger partial charge in [0.05, 0.1) is 18.2 Å². The second-order valence-corrected chi connectivity index (χ2v) is 8.37. The Bertz CT molecular complexity index is 1240.